The Morgan fingerprint density at radius 3 is 2.53 bits per heavy atom. The van der Waals surface area contributed by atoms with Gasteiger partial charge >= 0.3 is 12.0 Å². The quantitative estimate of drug-likeness (QED) is 0.189. The van der Waals surface area contributed by atoms with Gasteiger partial charge in [-0.05, 0) is 55.7 Å². The SMILES string of the molecule is CCCCCNC(=O)N(C)c1cccc(-c2ccc(C=C(OCC)C(=O)O)cc2OCCOCC)c1. The van der Waals surface area contributed by atoms with Gasteiger partial charge in [0.15, 0.2) is 0 Å². The predicted molar refractivity (Wildman–Crippen MR) is 142 cm³/mol. The van der Waals surface area contributed by atoms with E-state index in [-0.39, 0.29) is 18.4 Å². The van der Waals surface area contributed by atoms with Gasteiger partial charge in [0, 0.05) is 31.5 Å². The van der Waals surface area contributed by atoms with Crippen molar-refractivity contribution in [3.63, 3.8) is 0 Å². The molecular formula is C28H38N2O6. The summed E-state index contributed by atoms with van der Waals surface area (Å²) in [7, 11) is 1.74. The van der Waals surface area contributed by atoms with Crippen molar-refractivity contribution in [2.75, 3.05) is 44.9 Å². The highest BCUT2D eigenvalue weighted by Gasteiger charge is 2.14. The van der Waals surface area contributed by atoms with Crippen LogP contribution in [0.25, 0.3) is 17.2 Å². The molecule has 0 aliphatic rings. The van der Waals surface area contributed by atoms with Crippen LogP contribution in [-0.4, -0.2) is 57.1 Å². The topological polar surface area (TPSA) is 97.3 Å². The number of hydrogen-bond donors (Lipinski definition) is 2. The van der Waals surface area contributed by atoms with E-state index in [9.17, 15) is 14.7 Å². The number of hydrogen-bond acceptors (Lipinski definition) is 5. The number of nitrogens with zero attached hydrogens (tertiary/aromatic N) is 1. The van der Waals surface area contributed by atoms with Crippen LogP contribution in [0.5, 0.6) is 5.75 Å². The lowest BCUT2D eigenvalue weighted by atomic mass is 10.0. The molecule has 8 nitrogen and oxygen atoms in total. The maximum atomic E-state index is 12.6. The summed E-state index contributed by atoms with van der Waals surface area (Å²) in [5, 5.41) is 12.4. The Morgan fingerprint density at radius 2 is 1.83 bits per heavy atom. The smallest absolute Gasteiger partial charge is 0.371 e. The van der Waals surface area contributed by atoms with Crippen LogP contribution in [0, 0.1) is 0 Å². The highest BCUT2D eigenvalue weighted by molar-refractivity contribution is 5.92. The minimum atomic E-state index is -1.14. The fraction of sp³-hybridized carbons (Fsp3) is 0.429. The molecule has 0 saturated carbocycles. The number of amides is 2. The summed E-state index contributed by atoms with van der Waals surface area (Å²) in [6.45, 7) is 8.02. The van der Waals surface area contributed by atoms with Gasteiger partial charge in [-0.2, -0.15) is 0 Å². The van der Waals surface area contributed by atoms with E-state index in [1.54, 1.807) is 24.9 Å². The molecule has 196 valence electrons. The van der Waals surface area contributed by atoms with E-state index in [0.717, 1.165) is 36.1 Å². The fourth-order valence-corrected chi connectivity index (χ4v) is 3.50. The van der Waals surface area contributed by atoms with Gasteiger partial charge in [0.2, 0.25) is 5.76 Å². The number of benzene rings is 2. The molecule has 8 heteroatoms. The van der Waals surface area contributed by atoms with Gasteiger partial charge in [-0.3, -0.25) is 4.90 Å². The summed E-state index contributed by atoms with van der Waals surface area (Å²) in [5.41, 5.74) is 3.06. The van der Waals surface area contributed by atoms with E-state index in [2.05, 4.69) is 12.2 Å². The summed E-state index contributed by atoms with van der Waals surface area (Å²) in [6.07, 6.45) is 4.60. The molecule has 0 aliphatic heterocycles. The Bertz CT molecular complexity index is 1020. The maximum Gasteiger partial charge on any atom is 0.371 e. The first-order valence-electron chi connectivity index (χ1n) is 12.5. The second kappa shape index (κ2) is 15.5. The summed E-state index contributed by atoms with van der Waals surface area (Å²) >= 11 is 0. The first-order chi connectivity index (χ1) is 17.4. The van der Waals surface area contributed by atoms with Crippen LogP contribution in [0.15, 0.2) is 48.2 Å². The molecule has 36 heavy (non-hydrogen) atoms. The third kappa shape index (κ3) is 8.92. The van der Waals surface area contributed by atoms with Crippen LogP contribution < -0.4 is 15.0 Å². The van der Waals surface area contributed by atoms with Crippen LogP contribution in [-0.2, 0) is 14.3 Å². The Labute approximate surface area is 213 Å². The van der Waals surface area contributed by atoms with Crippen molar-refractivity contribution in [3.05, 3.63) is 53.8 Å². The second-order valence-corrected chi connectivity index (χ2v) is 8.10. The number of aliphatic carboxylic acids is 1. The number of carboxylic acid groups (broad SMARTS) is 1. The third-order valence-electron chi connectivity index (χ3n) is 5.41. The summed E-state index contributed by atoms with van der Waals surface area (Å²) < 4.78 is 16.7. The Morgan fingerprint density at radius 1 is 1.03 bits per heavy atom. The second-order valence-electron chi connectivity index (χ2n) is 8.10. The average molecular weight is 499 g/mol. The van der Waals surface area contributed by atoms with Crippen molar-refractivity contribution in [1.29, 1.82) is 0 Å². The number of rotatable bonds is 15. The van der Waals surface area contributed by atoms with E-state index in [4.69, 9.17) is 14.2 Å². The number of anilines is 1. The molecule has 0 unspecified atom stereocenters. The van der Waals surface area contributed by atoms with E-state index in [1.165, 1.54) is 6.08 Å². The standard InChI is InChI=1S/C28H38N2O6/c1-5-8-9-15-29-28(33)30(4)23-12-10-11-22(20-23)24-14-13-21(19-26(27(31)32)35-7-3)18-25(24)36-17-16-34-6-2/h10-14,18-20H,5-9,15-17H2,1-4H3,(H,29,33)(H,31,32). The molecule has 0 spiro atoms. The normalized spacial score (nSPS) is 11.2. The molecule has 2 N–H and O–H groups in total. The summed E-state index contributed by atoms with van der Waals surface area (Å²) in [6, 6.07) is 12.9. The largest absolute Gasteiger partial charge is 0.491 e. The zero-order valence-electron chi connectivity index (χ0n) is 21.7. The molecule has 0 aromatic heterocycles. The lowest BCUT2D eigenvalue weighted by molar-refractivity contribution is -0.136. The molecule has 0 aliphatic carbocycles. The van der Waals surface area contributed by atoms with Crippen LogP contribution in [0.2, 0.25) is 0 Å². The van der Waals surface area contributed by atoms with Crippen LogP contribution in [0.4, 0.5) is 10.5 Å². The Hall–Kier alpha value is -3.52. The number of ether oxygens (including phenoxy) is 3. The van der Waals surface area contributed by atoms with E-state index < -0.39 is 5.97 Å². The molecule has 2 amide bonds. The number of nitrogens with one attached hydrogen (secondary N) is 1. The van der Waals surface area contributed by atoms with E-state index in [0.29, 0.717) is 37.7 Å². The molecule has 0 radical (unpaired) electrons. The van der Waals surface area contributed by atoms with Gasteiger partial charge in [0.25, 0.3) is 0 Å². The van der Waals surface area contributed by atoms with Crippen LogP contribution in [0.1, 0.15) is 45.6 Å². The minimum Gasteiger partial charge on any atom is -0.491 e. The van der Waals surface area contributed by atoms with Gasteiger partial charge < -0.3 is 24.6 Å². The van der Waals surface area contributed by atoms with Gasteiger partial charge in [0.1, 0.15) is 12.4 Å². The van der Waals surface area contributed by atoms with Gasteiger partial charge in [-0.25, -0.2) is 9.59 Å². The number of unbranched alkanes of at least 4 members (excludes halogenated alkanes) is 2. The third-order valence-corrected chi connectivity index (χ3v) is 5.41. The molecule has 0 fully saturated rings. The zero-order valence-corrected chi connectivity index (χ0v) is 21.7. The first kappa shape index (κ1) is 28.7. The van der Waals surface area contributed by atoms with E-state index in [1.807, 2.05) is 43.3 Å². The number of urea groups is 1. The molecular weight excluding hydrogens is 460 g/mol. The van der Waals surface area contributed by atoms with Crippen molar-refractivity contribution < 1.29 is 28.9 Å². The molecule has 2 aromatic rings. The lowest BCUT2D eigenvalue weighted by Gasteiger charge is -2.20. The summed E-state index contributed by atoms with van der Waals surface area (Å²) in [5.74, 6) is -0.698. The van der Waals surface area contributed by atoms with Crippen LogP contribution >= 0.6 is 0 Å². The van der Waals surface area contributed by atoms with Crippen molar-refractivity contribution in [3.8, 4) is 16.9 Å². The average Bonchev–Trinajstić information content (AvgIpc) is 2.88. The Kier molecular flexibility index (Phi) is 12.3. The molecule has 2 rings (SSSR count). The number of carboxylic acids is 1. The number of carbonyl (C=O) groups is 2. The van der Waals surface area contributed by atoms with Crippen molar-refractivity contribution in [1.82, 2.24) is 5.32 Å². The van der Waals surface area contributed by atoms with E-state index >= 15 is 0 Å². The highest BCUT2D eigenvalue weighted by Crippen LogP contribution is 2.34. The van der Waals surface area contributed by atoms with Gasteiger partial charge in [-0.15, -0.1) is 0 Å². The van der Waals surface area contributed by atoms with Crippen molar-refractivity contribution in [2.45, 2.75) is 40.0 Å². The molecule has 2 aromatic carbocycles. The molecule has 0 atom stereocenters. The van der Waals surface area contributed by atoms with Crippen LogP contribution in [0.3, 0.4) is 0 Å². The fourth-order valence-electron chi connectivity index (χ4n) is 3.50. The monoisotopic (exact) mass is 498 g/mol. The molecule has 0 saturated heterocycles. The predicted octanol–water partition coefficient (Wildman–Crippen LogP) is 5.57. The highest BCUT2D eigenvalue weighted by atomic mass is 16.5. The van der Waals surface area contributed by atoms with Gasteiger partial charge in [-0.1, -0.05) is 44.0 Å². The van der Waals surface area contributed by atoms with Crippen molar-refractivity contribution in [2.24, 2.45) is 0 Å². The van der Waals surface area contributed by atoms with Gasteiger partial charge in [0.05, 0.1) is 13.2 Å². The number of carbonyl (C=O) groups excluding carboxylic acids is 1. The summed E-state index contributed by atoms with van der Waals surface area (Å²) in [4.78, 5) is 25.7. The first-order valence-corrected chi connectivity index (χ1v) is 12.5. The zero-order chi connectivity index (χ0) is 26.3. The molecule has 0 bridgehead atoms. The van der Waals surface area contributed by atoms with Crippen molar-refractivity contribution >= 4 is 23.8 Å². The molecule has 0 heterocycles. The lowest BCUT2D eigenvalue weighted by Crippen LogP contribution is -2.37. The minimum absolute atomic E-state index is 0.140. The maximum absolute atomic E-state index is 12.6. The Balaban J connectivity index is 2.34.